The van der Waals surface area contributed by atoms with Gasteiger partial charge in [0.1, 0.15) is 6.54 Å². The van der Waals surface area contributed by atoms with Crippen molar-refractivity contribution in [2.45, 2.75) is 26.7 Å². The lowest BCUT2D eigenvalue weighted by Crippen LogP contribution is -2.50. The summed E-state index contributed by atoms with van der Waals surface area (Å²) in [5.41, 5.74) is 0. The quantitative estimate of drug-likeness (QED) is 0.763. The first-order chi connectivity index (χ1) is 9.49. The number of likely N-dealkylation sites (tertiary alicyclic amines) is 1. The van der Waals surface area contributed by atoms with E-state index in [-0.39, 0.29) is 24.4 Å². The molecule has 0 aromatic heterocycles. The Morgan fingerprint density at radius 2 is 1.85 bits per heavy atom. The average Bonchev–Trinajstić information content (AvgIpc) is 2.44. The molecule has 7 nitrogen and oxygen atoms in total. The predicted molar refractivity (Wildman–Crippen MR) is 73.3 cm³/mol. The van der Waals surface area contributed by atoms with E-state index in [1.165, 1.54) is 4.90 Å². The van der Waals surface area contributed by atoms with Crippen molar-refractivity contribution in [1.29, 1.82) is 0 Å². The number of carboxylic acid groups (broad SMARTS) is 1. The van der Waals surface area contributed by atoms with Crippen LogP contribution in [0.3, 0.4) is 0 Å². The number of piperidine rings is 1. The Balaban J connectivity index is 2.51. The van der Waals surface area contributed by atoms with Gasteiger partial charge in [0.15, 0.2) is 0 Å². The van der Waals surface area contributed by atoms with E-state index in [9.17, 15) is 14.4 Å². The molecule has 0 aromatic carbocycles. The molecule has 0 atom stereocenters. The molecule has 7 heteroatoms. The lowest BCUT2D eigenvalue weighted by molar-refractivity contribution is -0.143. The summed E-state index contributed by atoms with van der Waals surface area (Å²) in [6.45, 7) is 5.54. The molecule has 0 radical (unpaired) electrons. The Morgan fingerprint density at radius 3 is 2.30 bits per heavy atom. The fraction of sp³-hybridized carbons (Fsp3) is 0.769. The molecular weight excluding hydrogens is 262 g/mol. The van der Waals surface area contributed by atoms with Crippen LogP contribution in [0.15, 0.2) is 0 Å². The van der Waals surface area contributed by atoms with Gasteiger partial charge in [0.2, 0.25) is 5.91 Å². The van der Waals surface area contributed by atoms with E-state index in [2.05, 4.69) is 5.32 Å². The smallest absolute Gasteiger partial charge is 0.320 e. The highest BCUT2D eigenvalue weighted by Crippen LogP contribution is 2.18. The third-order valence-electron chi connectivity index (χ3n) is 3.48. The highest BCUT2D eigenvalue weighted by atomic mass is 16.4. The van der Waals surface area contributed by atoms with Gasteiger partial charge >= 0.3 is 12.0 Å². The van der Waals surface area contributed by atoms with E-state index in [0.717, 1.165) is 0 Å². The molecule has 0 aliphatic carbocycles. The largest absolute Gasteiger partial charge is 0.481 e. The second kappa shape index (κ2) is 7.72. The van der Waals surface area contributed by atoms with Gasteiger partial charge in [0.05, 0.1) is 5.92 Å². The Bertz CT molecular complexity index is 365. The number of likely N-dealkylation sites (N-methyl/N-ethyl adjacent to an activating group) is 2. The van der Waals surface area contributed by atoms with Gasteiger partial charge in [-0.25, -0.2) is 4.79 Å². The Labute approximate surface area is 118 Å². The Hall–Kier alpha value is -1.79. The van der Waals surface area contributed by atoms with Crippen molar-refractivity contribution in [3.8, 4) is 0 Å². The number of urea groups is 1. The summed E-state index contributed by atoms with van der Waals surface area (Å²) in [6.07, 6.45) is 0.944. The standard InChI is InChI=1S/C13H23N3O4/c1-3-14-11(17)9-15(4-2)13(20)16-7-5-10(6-8-16)12(18)19/h10H,3-9H2,1-2H3,(H,14,17)(H,18,19). The molecular formula is C13H23N3O4. The number of nitrogens with one attached hydrogen (secondary N) is 1. The molecule has 0 aromatic rings. The van der Waals surface area contributed by atoms with Crippen LogP contribution < -0.4 is 5.32 Å². The highest BCUT2D eigenvalue weighted by Gasteiger charge is 2.29. The first kappa shape index (κ1) is 16.3. The van der Waals surface area contributed by atoms with Crippen molar-refractivity contribution < 1.29 is 19.5 Å². The third-order valence-corrected chi connectivity index (χ3v) is 3.48. The van der Waals surface area contributed by atoms with Gasteiger partial charge in [-0.15, -0.1) is 0 Å². The second-order valence-corrected chi connectivity index (χ2v) is 4.85. The van der Waals surface area contributed by atoms with Crippen molar-refractivity contribution in [1.82, 2.24) is 15.1 Å². The summed E-state index contributed by atoms with van der Waals surface area (Å²) in [6, 6.07) is -0.192. The normalized spacial score (nSPS) is 15.8. The maximum atomic E-state index is 12.3. The Morgan fingerprint density at radius 1 is 1.25 bits per heavy atom. The van der Waals surface area contributed by atoms with Gasteiger partial charge in [-0.2, -0.15) is 0 Å². The van der Waals surface area contributed by atoms with Crippen LogP contribution in [0.5, 0.6) is 0 Å². The minimum atomic E-state index is -0.799. The van der Waals surface area contributed by atoms with Crippen molar-refractivity contribution in [2.24, 2.45) is 5.92 Å². The first-order valence-corrected chi connectivity index (χ1v) is 7.02. The number of nitrogens with zero attached hydrogens (tertiary/aromatic N) is 2. The zero-order valence-corrected chi connectivity index (χ0v) is 12.1. The number of amides is 3. The summed E-state index contributed by atoms with van der Waals surface area (Å²) < 4.78 is 0. The number of hydrogen-bond donors (Lipinski definition) is 2. The summed E-state index contributed by atoms with van der Waals surface area (Å²) >= 11 is 0. The van der Waals surface area contributed by atoms with Crippen molar-refractivity contribution >= 4 is 17.9 Å². The van der Waals surface area contributed by atoms with Gasteiger partial charge in [-0.1, -0.05) is 0 Å². The molecule has 0 unspecified atom stereocenters. The molecule has 1 aliphatic heterocycles. The summed E-state index contributed by atoms with van der Waals surface area (Å²) in [5, 5.41) is 11.6. The molecule has 2 N–H and O–H groups in total. The second-order valence-electron chi connectivity index (χ2n) is 4.85. The van der Waals surface area contributed by atoms with Crippen LogP contribution in [0.4, 0.5) is 4.79 Å². The summed E-state index contributed by atoms with van der Waals surface area (Å²) in [4.78, 5) is 37.8. The molecule has 1 heterocycles. The number of carbonyl (C=O) groups excluding carboxylic acids is 2. The minimum absolute atomic E-state index is 0.0437. The maximum Gasteiger partial charge on any atom is 0.320 e. The number of rotatable bonds is 5. The van der Waals surface area contributed by atoms with Crippen LogP contribution in [-0.2, 0) is 9.59 Å². The van der Waals surface area contributed by atoms with E-state index in [4.69, 9.17) is 5.11 Å². The van der Waals surface area contributed by atoms with Gasteiger partial charge in [0.25, 0.3) is 0 Å². The number of carboxylic acids is 1. The molecule has 3 amide bonds. The van der Waals surface area contributed by atoms with E-state index >= 15 is 0 Å². The van der Waals surface area contributed by atoms with Gasteiger partial charge in [-0.05, 0) is 26.7 Å². The molecule has 1 rings (SSSR count). The molecule has 20 heavy (non-hydrogen) atoms. The van der Waals surface area contributed by atoms with Crippen molar-refractivity contribution in [3.63, 3.8) is 0 Å². The van der Waals surface area contributed by atoms with Crippen LogP contribution >= 0.6 is 0 Å². The van der Waals surface area contributed by atoms with Gasteiger partial charge in [0, 0.05) is 26.2 Å². The highest BCUT2D eigenvalue weighted by molar-refractivity contribution is 5.84. The minimum Gasteiger partial charge on any atom is -0.481 e. The first-order valence-electron chi connectivity index (χ1n) is 7.02. The zero-order valence-electron chi connectivity index (χ0n) is 12.1. The monoisotopic (exact) mass is 285 g/mol. The van der Waals surface area contributed by atoms with Crippen molar-refractivity contribution in [2.75, 3.05) is 32.7 Å². The lowest BCUT2D eigenvalue weighted by Gasteiger charge is -2.34. The summed E-state index contributed by atoms with van der Waals surface area (Å²) in [7, 11) is 0. The van der Waals surface area contributed by atoms with E-state index in [0.29, 0.717) is 39.0 Å². The van der Waals surface area contributed by atoms with Crippen LogP contribution in [-0.4, -0.2) is 65.5 Å². The molecule has 114 valence electrons. The van der Waals surface area contributed by atoms with Crippen LogP contribution in [0.2, 0.25) is 0 Å². The molecule has 0 spiro atoms. The number of carbonyl (C=O) groups is 3. The number of hydrogen-bond acceptors (Lipinski definition) is 3. The maximum absolute atomic E-state index is 12.3. The summed E-state index contributed by atoms with van der Waals surface area (Å²) in [5.74, 6) is -1.34. The third kappa shape index (κ3) is 4.40. The molecule has 1 aliphatic rings. The topological polar surface area (TPSA) is 90.0 Å². The zero-order chi connectivity index (χ0) is 15.1. The van der Waals surface area contributed by atoms with E-state index < -0.39 is 5.97 Å². The molecule has 1 saturated heterocycles. The van der Waals surface area contributed by atoms with Crippen LogP contribution in [0.25, 0.3) is 0 Å². The molecule has 0 bridgehead atoms. The Kier molecular flexibility index (Phi) is 6.27. The fourth-order valence-electron chi connectivity index (χ4n) is 2.26. The fourth-order valence-corrected chi connectivity index (χ4v) is 2.26. The van der Waals surface area contributed by atoms with E-state index in [1.807, 2.05) is 13.8 Å². The van der Waals surface area contributed by atoms with Gasteiger partial charge in [-0.3, -0.25) is 9.59 Å². The lowest BCUT2D eigenvalue weighted by atomic mass is 9.97. The van der Waals surface area contributed by atoms with E-state index in [1.54, 1.807) is 4.90 Å². The average molecular weight is 285 g/mol. The van der Waals surface area contributed by atoms with Crippen molar-refractivity contribution in [3.05, 3.63) is 0 Å². The predicted octanol–water partition coefficient (Wildman–Crippen LogP) is 0.361. The SMILES string of the molecule is CCNC(=O)CN(CC)C(=O)N1CCC(C(=O)O)CC1. The van der Waals surface area contributed by atoms with Crippen LogP contribution in [0, 0.1) is 5.92 Å². The molecule has 1 fully saturated rings. The van der Waals surface area contributed by atoms with Crippen LogP contribution in [0.1, 0.15) is 26.7 Å². The molecule has 0 saturated carbocycles. The number of aliphatic carboxylic acids is 1. The van der Waals surface area contributed by atoms with Gasteiger partial charge < -0.3 is 20.2 Å².